The lowest BCUT2D eigenvalue weighted by atomic mass is 9.99. The zero-order chi connectivity index (χ0) is 23.3. The van der Waals surface area contributed by atoms with Crippen LogP contribution in [0.15, 0.2) is 66.6 Å². The van der Waals surface area contributed by atoms with E-state index in [9.17, 15) is 4.79 Å². The first-order valence-corrected chi connectivity index (χ1v) is 12.3. The lowest BCUT2D eigenvalue weighted by Crippen LogP contribution is -2.62. The minimum Gasteiger partial charge on any atom is -0.344 e. The fourth-order valence-electron chi connectivity index (χ4n) is 5.25. The van der Waals surface area contributed by atoms with Crippen LogP contribution in [0.2, 0.25) is 0 Å². The van der Waals surface area contributed by atoms with Crippen molar-refractivity contribution in [1.29, 1.82) is 0 Å². The molecule has 3 aromatic rings. The summed E-state index contributed by atoms with van der Waals surface area (Å²) in [5, 5.41) is 2.16. The number of amides is 1. The van der Waals surface area contributed by atoms with Crippen molar-refractivity contribution in [2.45, 2.75) is 46.1 Å². The third kappa shape index (κ3) is 5.03. The van der Waals surface area contributed by atoms with Crippen LogP contribution in [-0.4, -0.2) is 58.0 Å². The van der Waals surface area contributed by atoms with Gasteiger partial charge in [-0.1, -0.05) is 61.4 Å². The van der Waals surface area contributed by atoms with Crippen molar-refractivity contribution in [3.8, 4) is 0 Å². The van der Waals surface area contributed by atoms with Crippen LogP contribution < -0.4 is 0 Å². The van der Waals surface area contributed by atoms with E-state index >= 15 is 0 Å². The first-order valence-electron chi connectivity index (χ1n) is 12.3. The van der Waals surface area contributed by atoms with Gasteiger partial charge in [0.15, 0.2) is 0 Å². The molecule has 0 unspecified atom stereocenters. The number of aromatic nitrogens is 2. The summed E-state index contributed by atoms with van der Waals surface area (Å²) in [6.07, 6.45) is 9.49. The zero-order valence-corrected chi connectivity index (χ0v) is 20.3. The molecular formula is C28H37N4O+. The smallest absolute Gasteiger partial charge is 0.254 e. The van der Waals surface area contributed by atoms with E-state index in [-0.39, 0.29) is 5.91 Å². The van der Waals surface area contributed by atoms with Gasteiger partial charge in [0.2, 0.25) is 0 Å². The Bertz CT molecular complexity index is 1080. The first-order chi connectivity index (χ1) is 16.0. The molecule has 2 heterocycles. The second-order valence-electron chi connectivity index (χ2n) is 9.60. The van der Waals surface area contributed by atoms with Gasteiger partial charge >= 0.3 is 0 Å². The Kier molecular flexibility index (Phi) is 7.29. The fourth-order valence-corrected chi connectivity index (χ4v) is 5.25. The molecule has 0 radical (unpaired) electrons. The molecule has 0 aliphatic carbocycles. The Labute approximate surface area is 197 Å². The Morgan fingerprint density at radius 1 is 1.15 bits per heavy atom. The van der Waals surface area contributed by atoms with Gasteiger partial charge in [0, 0.05) is 12.0 Å². The van der Waals surface area contributed by atoms with Crippen LogP contribution in [0.5, 0.6) is 0 Å². The summed E-state index contributed by atoms with van der Waals surface area (Å²) in [5.74, 6) is 0.155. The van der Waals surface area contributed by atoms with E-state index in [1.165, 1.54) is 24.1 Å². The number of H-pyrrole nitrogens is 1. The number of nitrogens with one attached hydrogen (secondary N) is 1. The van der Waals surface area contributed by atoms with Crippen LogP contribution in [0, 0.1) is 0 Å². The molecule has 0 spiro atoms. The number of aromatic amines is 1. The zero-order valence-electron chi connectivity index (χ0n) is 20.3. The molecule has 1 aliphatic heterocycles. The summed E-state index contributed by atoms with van der Waals surface area (Å²) < 4.78 is 1.01. The summed E-state index contributed by atoms with van der Waals surface area (Å²) in [7, 11) is 0. The van der Waals surface area contributed by atoms with E-state index in [0.717, 1.165) is 60.0 Å². The molecule has 1 aliphatic rings. The third-order valence-electron chi connectivity index (χ3n) is 7.18. The highest BCUT2D eigenvalue weighted by atomic mass is 16.2. The summed E-state index contributed by atoms with van der Waals surface area (Å²) in [6.45, 7) is 11.2. The Morgan fingerprint density at radius 2 is 1.91 bits per heavy atom. The Hall–Kier alpha value is -2.92. The molecule has 4 rings (SSSR count). The Balaban J connectivity index is 1.58. The maximum absolute atomic E-state index is 13.5. The highest BCUT2D eigenvalue weighted by Gasteiger charge is 2.42. The van der Waals surface area contributed by atoms with Crippen molar-refractivity contribution in [1.82, 2.24) is 14.9 Å². The molecule has 1 saturated heterocycles. The highest BCUT2D eigenvalue weighted by molar-refractivity contribution is 6.07. The van der Waals surface area contributed by atoms with Gasteiger partial charge in [-0.05, 0) is 37.1 Å². The Morgan fingerprint density at radius 3 is 2.61 bits per heavy atom. The molecule has 1 N–H and O–H groups in total. The highest BCUT2D eigenvalue weighted by Crippen LogP contribution is 2.34. The summed E-state index contributed by atoms with van der Waals surface area (Å²) in [4.78, 5) is 23.4. The topological polar surface area (TPSA) is 49.0 Å². The lowest BCUT2D eigenvalue weighted by Gasteiger charge is -2.49. The number of piperazine rings is 1. The number of hydrogen-bond acceptors (Lipinski definition) is 2. The number of hydrogen-bond donors (Lipinski definition) is 1. The van der Waals surface area contributed by atoms with Gasteiger partial charge in [0.25, 0.3) is 5.91 Å². The molecule has 1 fully saturated rings. The number of carbonyl (C=O) groups excluding carboxylic acids is 1. The predicted octanol–water partition coefficient (Wildman–Crippen LogP) is 5.73. The van der Waals surface area contributed by atoms with Gasteiger partial charge in [0.05, 0.1) is 50.9 Å². The number of unbranched alkanes of at least 4 members (excludes halogenated alkanes) is 1. The number of rotatable bonds is 8. The maximum atomic E-state index is 13.5. The monoisotopic (exact) mass is 445 g/mol. The predicted molar refractivity (Wildman–Crippen MR) is 135 cm³/mol. The van der Waals surface area contributed by atoms with Crippen molar-refractivity contribution in [2.24, 2.45) is 0 Å². The van der Waals surface area contributed by atoms with Gasteiger partial charge < -0.3 is 14.4 Å². The van der Waals surface area contributed by atoms with E-state index < -0.39 is 0 Å². The number of fused-ring (bicyclic) bond motifs is 1. The molecule has 1 aromatic heterocycles. The minimum absolute atomic E-state index is 0.155. The van der Waals surface area contributed by atoms with E-state index in [4.69, 9.17) is 0 Å². The molecule has 2 aromatic carbocycles. The van der Waals surface area contributed by atoms with Crippen LogP contribution >= 0.6 is 0 Å². The number of carbonyl (C=O) groups is 1. The van der Waals surface area contributed by atoms with E-state index in [2.05, 4.69) is 59.9 Å². The van der Waals surface area contributed by atoms with Crippen molar-refractivity contribution in [3.05, 3.63) is 77.9 Å². The summed E-state index contributed by atoms with van der Waals surface area (Å²) in [5.41, 5.74) is 3.37. The first kappa shape index (κ1) is 23.2. The molecule has 1 amide bonds. The quantitative estimate of drug-likeness (QED) is 0.355. The largest absolute Gasteiger partial charge is 0.344 e. The standard InChI is InChI=1S/C28H37N4O/c1-4-5-17-32(27(14-13-22(2)3)26-20-29-21-30-26)18-15-31(16-19-32)28(33)25-12-8-10-23-9-6-7-11-24(23)25/h6-13,20-21,27H,4-5,14-19H2,1-3H3,(H,29,30)/q+1/t27-/m0/s1. The van der Waals surface area contributed by atoms with Gasteiger partial charge in [-0.2, -0.15) is 0 Å². The van der Waals surface area contributed by atoms with Gasteiger partial charge in [0.1, 0.15) is 6.04 Å². The molecule has 5 nitrogen and oxygen atoms in total. The number of benzene rings is 2. The van der Waals surface area contributed by atoms with E-state index in [1.807, 2.05) is 30.5 Å². The summed E-state index contributed by atoms with van der Waals surface area (Å²) >= 11 is 0. The number of imidazole rings is 1. The molecule has 1 atom stereocenters. The van der Waals surface area contributed by atoms with Crippen molar-refractivity contribution >= 4 is 16.7 Å². The average molecular weight is 446 g/mol. The average Bonchev–Trinajstić information content (AvgIpc) is 3.37. The molecule has 174 valence electrons. The molecular weight excluding hydrogens is 408 g/mol. The van der Waals surface area contributed by atoms with Gasteiger partial charge in [-0.25, -0.2) is 4.98 Å². The number of nitrogens with zero attached hydrogens (tertiary/aromatic N) is 3. The van der Waals surface area contributed by atoms with Crippen LogP contribution in [0.1, 0.15) is 62.1 Å². The normalized spacial score (nSPS) is 16.5. The van der Waals surface area contributed by atoms with Crippen molar-refractivity contribution in [2.75, 3.05) is 32.7 Å². The van der Waals surface area contributed by atoms with E-state index in [1.54, 1.807) is 6.33 Å². The third-order valence-corrected chi connectivity index (χ3v) is 7.18. The van der Waals surface area contributed by atoms with Crippen LogP contribution in [0.4, 0.5) is 0 Å². The number of quaternary nitrogens is 1. The summed E-state index contributed by atoms with van der Waals surface area (Å²) in [6, 6.07) is 14.6. The van der Waals surface area contributed by atoms with Gasteiger partial charge in [-0.15, -0.1) is 0 Å². The molecule has 5 heteroatoms. The molecule has 0 bridgehead atoms. The second-order valence-corrected chi connectivity index (χ2v) is 9.60. The second kappa shape index (κ2) is 10.3. The minimum atomic E-state index is 0.155. The molecule has 0 saturated carbocycles. The van der Waals surface area contributed by atoms with Crippen LogP contribution in [0.3, 0.4) is 0 Å². The molecule has 33 heavy (non-hydrogen) atoms. The van der Waals surface area contributed by atoms with Gasteiger partial charge in [-0.3, -0.25) is 4.79 Å². The van der Waals surface area contributed by atoms with E-state index in [0.29, 0.717) is 6.04 Å². The fraction of sp³-hybridized carbons (Fsp3) is 0.429. The number of allylic oxidation sites excluding steroid dienone is 1. The SMILES string of the molecule is CCCC[N+]1([C@@H](CC=C(C)C)c2cnc[nH]2)CCN(C(=O)c2cccc3ccccc23)CC1. The van der Waals surface area contributed by atoms with Crippen LogP contribution in [0.25, 0.3) is 10.8 Å². The lowest BCUT2D eigenvalue weighted by molar-refractivity contribution is -0.960. The maximum Gasteiger partial charge on any atom is 0.254 e. The van der Waals surface area contributed by atoms with Crippen molar-refractivity contribution in [3.63, 3.8) is 0 Å². The van der Waals surface area contributed by atoms with Crippen LogP contribution in [-0.2, 0) is 0 Å². The van der Waals surface area contributed by atoms with Crippen molar-refractivity contribution < 1.29 is 9.28 Å².